The van der Waals surface area contributed by atoms with Gasteiger partial charge in [-0.2, -0.15) is 0 Å². The molecule has 0 heterocycles. The minimum absolute atomic E-state index is 0.0552. The molecule has 0 unspecified atom stereocenters. The zero-order chi connectivity index (χ0) is 14.5. The highest BCUT2D eigenvalue weighted by molar-refractivity contribution is 6.33. The molecule has 0 aliphatic carbocycles. The van der Waals surface area contributed by atoms with E-state index in [1.54, 1.807) is 0 Å². The van der Waals surface area contributed by atoms with Gasteiger partial charge in [-0.1, -0.05) is 29.8 Å². The Hall–Kier alpha value is -2.07. The van der Waals surface area contributed by atoms with Crippen LogP contribution in [0.2, 0.25) is 5.02 Å². The minimum Gasteiger partial charge on any atom is -0.375 e. The van der Waals surface area contributed by atoms with Gasteiger partial charge >= 0.3 is 0 Å². The molecule has 2 N–H and O–H groups in total. The van der Waals surface area contributed by atoms with Gasteiger partial charge in [0.15, 0.2) is 0 Å². The number of aryl methyl sites for hydroxylation is 1. The predicted octanol–water partition coefficient (Wildman–Crippen LogP) is 3.84. The van der Waals surface area contributed by atoms with Gasteiger partial charge in [0.25, 0.3) is 0 Å². The van der Waals surface area contributed by atoms with Crippen molar-refractivity contribution in [1.82, 2.24) is 0 Å². The number of rotatable bonds is 4. The first-order chi connectivity index (χ1) is 9.56. The van der Waals surface area contributed by atoms with E-state index < -0.39 is 5.82 Å². The summed E-state index contributed by atoms with van der Waals surface area (Å²) < 4.78 is 12.9. The zero-order valence-corrected chi connectivity index (χ0v) is 11.7. The van der Waals surface area contributed by atoms with Crippen LogP contribution in [0.3, 0.4) is 0 Å². The molecule has 0 saturated heterocycles. The van der Waals surface area contributed by atoms with Crippen LogP contribution in [-0.4, -0.2) is 12.5 Å². The minimum atomic E-state index is -0.412. The second-order valence-corrected chi connectivity index (χ2v) is 4.75. The SMILES string of the molecule is Cc1ccccc1NC(=O)CNc1ccc(F)cc1Cl. The van der Waals surface area contributed by atoms with E-state index in [0.717, 1.165) is 11.3 Å². The van der Waals surface area contributed by atoms with Crippen LogP contribution in [0.1, 0.15) is 5.56 Å². The third kappa shape index (κ3) is 3.71. The third-order valence-corrected chi connectivity index (χ3v) is 3.10. The van der Waals surface area contributed by atoms with Crippen LogP contribution in [0.25, 0.3) is 0 Å². The predicted molar refractivity (Wildman–Crippen MR) is 79.7 cm³/mol. The molecule has 20 heavy (non-hydrogen) atoms. The maximum atomic E-state index is 12.9. The number of amides is 1. The van der Waals surface area contributed by atoms with Gasteiger partial charge in [0.05, 0.1) is 17.3 Å². The number of nitrogens with one attached hydrogen (secondary N) is 2. The summed E-state index contributed by atoms with van der Waals surface area (Å²) in [5.74, 6) is -0.607. The lowest BCUT2D eigenvalue weighted by molar-refractivity contribution is -0.114. The fourth-order valence-corrected chi connectivity index (χ4v) is 1.95. The molecule has 5 heteroatoms. The number of halogens is 2. The van der Waals surface area contributed by atoms with Crippen LogP contribution in [-0.2, 0) is 4.79 Å². The van der Waals surface area contributed by atoms with E-state index >= 15 is 0 Å². The van der Waals surface area contributed by atoms with Crippen LogP contribution in [0.5, 0.6) is 0 Å². The molecule has 0 radical (unpaired) electrons. The highest BCUT2D eigenvalue weighted by Gasteiger charge is 2.06. The maximum Gasteiger partial charge on any atom is 0.243 e. The van der Waals surface area contributed by atoms with Crippen molar-refractivity contribution in [2.45, 2.75) is 6.92 Å². The second kappa shape index (κ2) is 6.39. The van der Waals surface area contributed by atoms with Crippen LogP contribution in [0.4, 0.5) is 15.8 Å². The summed E-state index contributed by atoms with van der Waals surface area (Å²) in [5, 5.41) is 5.91. The van der Waals surface area contributed by atoms with E-state index in [-0.39, 0.29) is 17.5 Å². The van der Waals surface area contributed by atoms with Gasteiger partial charge in [-0.3, -0.25) is 4.79 Å². The molecule has 3 nitrogen and oxygen atoms in total. The fourth-order valence-electron chi connectivity index (χ4n) is 1.72. The van der Waals surface area contributed by atoms with Gasteiger partial charge in [-0.15, -0.1) is 0 Å². The standard InChI is InChI=1S/C15H14ClFN2O/c1-10-4-2-3-5-13(10)19-15(20)9-18-14-7-6-11(17)8-12(14)16/h2-8,18H,9H2,1H3,(H,19,20). The van der Waals surface area contributed by atoms with Crippen molar-refractivity contribution >= 4 is 28.9 Å². The summed E-state index contributed by atoms with van der Waals surface area (Å²) in [6.45, 7) is 1.97. The molecule has 0 atom stereocenters. The third-order valence-electron chi connectivity index (χ3n) is 2.79. The number of carbonyl (C=O) groups is 1. The first-order valence-corrected chi connectivity index (χ1v) is 6.48. The molecule has 2 aromatic rings. The van der Waals surface area contributed by atoms with Crippen molar-refractivity contribution in [1.29, 1.82) is 0 Å². The molecule has 0 bridgehead atoms. The van der Waals surface area contributed by atoms with E-state index in [2.05, 4.69) is 10.6 Å². The topological polar surface area (TPSA) is 41.1 Å². The Labute approximate surface area is 121 Å². The summed E-state index contributed by atoms with van der Waals surface area (Å²) in [6, 6.07) is 11.5. The number of hydrogen-bond acceptors (Lipinski definition) is 2. The van der Waals surface area contributed by atoms with E-state index in [9.17, 15) is 9.18 Å². The summed E-state index contributed by atoms with van der Waals surface area (Å²) in [5.41, 5.74) is 2.28. The number of anilines is 2. The molecule has 0 aliphatic heterocycles. The Morgan fingerprint density at radius 3 is 2.65 bits per heavy atom. The molecule has 0 aromatic heterocycles. The lowest BCUT2D eigenvalue weighted by Gasteiger charge is -2.10. The van der Waals surface area contributed by atoms with Gasteiger partial charge in [0.2, 0.25) is 5.91 Å². The normalized spacial score (nSPS) is 10.2. The highest BCUT2D eigenvalue weighted by Crippen LogP contribution is 2.22. The van der Waals surface area contributed by atoms with Crippen molar-refractivity contribution in [3.05, 3.63) is 58.9 Å². The van der Waals surface area contributed by atoms with Gasteiger partial charge in [-0.25, -0.2) is 4.39 Å². The smallest absolute Gasteiger partial charge is 0.243 e. The Balaban J connectivity index is 1.94. The number of hydrogen-bond donors (Lipinski definition) is 2. The van der Waals surface area contributed by atoms with E-state index in [1.807, 2.05) is 31.2 Å². The van der Waals surface area contributed by atoms with Crippen LogP contribution < -0.4 is 10.6 Å². The van der Waals surface area contributed by atoms with Gasteiger partial charge in [0, 0.05) is 5.69 Å². The van der Waals surface area contributed by atoms with Gasteiger partial charge < -0.3 is 10.6 Å². The van der Waals surface area contributed by atoms with Crippen molar-refractivity contribution < 1.29 is 9.18 Å². The van der Waals surface area contributed by atoms with E-state index in [1.165, 1.54) is 18.2 Å². The highest BCUT2D eigenvalue weighted by atomic mass is 35.5. The van der Waals surface area contributed by atoms with Crippen LogP contribution in [0.15, 0.2) is 42.5 Å². The van der Waals surface area contributed by atoms with E-state index in [0.29, 0.717) is 5.69 Å². The quantitative estimate of drug-likeness (QED) is 0.899. The summed E-state index contributed by atoms with van der Waals surface area (Å²) in [7, 11) is 0. The maximum absolute atomic E-state index is 12.9. The van der Waals surface area contributed by atoms with Crippen molar-refractivity contribution in [3.8, 4) is 0 Å². The largest absolute Gasteiger partial charge is 0.375 e. The molecule has 2 rings (SSSR count). The summed E-state index contributed by atoms with van der Waals surface area (Å²) in [6.07, 6.45) is 0. The summed E-state index contributed by atoms with van der Waals surface area (Å²) in [4.78, 5) is 11.8. The monoisotopic (exact) mass is 292 g/mol. The number of benzene rings is 2. The van der Waals surface area contributed by atoms with Crippen molar-refractivity contribution in [2.75, 3.05) is 17.2 Å². The van der Waals surface area contributed by atoms with Crippen molar-refractivity contribution in [3.63, 3.8) is 0 Å². The van der Waals surface area contributed by atoms with Crippen LogP contribution >= 0.6 is 11.6 Å². The van der Waals surface area contributed by atoms with Crippen LogP contribution in [0, 0.1) is 12.7 Å². The fraction of sp³-hybridized carbons (Fsp3) is 0.133. The number of para-hydroxylation sites is 1. The molecular formula is C15H14ClFN2O. The Kier molecular flexibility index (Phi) is 4.58. The Morgan fingerprint density at radius 1 is 1.20 bits per heavy atom. The molecular weight excluding hydrogens is 279 g/mol. The van der Waals surface area contributed by atoms with Crippen molar-refractivity contribution in [2.24, 2.45) is 0 Å². The second-order valence-electron chi connectivity index (χ2n) is 4.34. The van der Waals surface area contributed by atoms with E-state index in [4.69, 9.17) is 11.6 Å². The average molecular weight is 293 g/mol. The first-order valence-electron chi connectivity index (χ1n) is 6.10. The van der Waals surface area contributed by atoms with Gasteiger partial charge in [0.1, 0.15) is 5.82 Å². The molecule has 0 spiro atoms. The number of carbonyl (C=O) groups excluding carboxylic acids is 1. The molecule has 1 amide bonds. The zero-order valence-electron chi connectivity index (χ0n) is 10.9. The first kappa shape index (κ1) is 14.3. The summed E-state index contributed by atoms with van der Waals surface area (Å²) >= 11 is 5.86. The average Bonchev–Trinajstić information content (AvgIpc) is 2.40. The Morgan fingerprint density at radius 2 is 1.95 bits per heavy atom. The lowest BCUT2D eigenvalue weighted by atomic mass is 10.2. The molecule has 0 fully saturated rings. The molecule has 104 valence electrons. The molecule has 0 aliphatic rings. The molecule has 2 aromatic carbocycles. The van der Waals surface area contributed by atoms with Gasteiger partial charge in [-0.05, 0) is 36.8 Å². The molecule has 0 saturated carbocycles. The Bertz CT molecular complexity index is 631. The lowest BCUT2D eigenvalue weighted by Crippen LogP contribution is -2.22.